The van der Waals surface area contributed by atoms with Crippen molar-refractivity contribution in [3.05, 3.63) is 29.3 Å². The van der Waals surface area contributed by atoms with Gasteiger partial charge in [0.1, 0.15) is 0 Å². The molecular weight excluding hydrogens is 142 g/mol. The van der Waals surface area contributed by atoms with Crippen molar-refractivity contribution in [1.82, 2.24) is 0 Å². The van der Waals surface area contributed by atoms with Crippen LogP contribution in [-0.2, 0) is 6.61 Å². The van der Waals surface area contributed by atoms with Crippen molar-refractivity contribution in [3.8, 4) is 0 Å². The Morgan fingerprint density at radius 3 is 2.73 bits per heavy atom. The maximum Gasteiger partial charge on any atom is 0.152 e. The van der Waals surface area contributed by atoms with E-state index in [-0.39, 0.29) is 6.61 Å². The molecule has 3 N–H and O–H groups in total. The van der Waals surface area contributed by atoms with Gasteiger partial charge in [-0.05, 0) is 11.6 Å². The first-order valence-corrected chi connectivity index (χ1v) is 3.23. The van der Waals surface area contributed by atoms with Crippen molar-refractivity contribution in [1.29, 1.82) is 0 Å². The summed E-state index contributed by atoms with van der Waals surface area (Å²) in [6, 6.07) is 5.00. The van der Waals surface area contributed by atoms with Gasteiger partial charge in [-0.2, -0.15) is 0 Å². The Bertz CT molecular complexity index is 271. The summed E-state index contributed by atoms with van der Waals surface area (Å²) >= 11 is 0. The van der Waals surface area contributed by atoms with E-state index in [0.29, 0.717) is 23.1 Å². The van der Waals surface area contributed by atoms with Crippen LogP contribution in [-0.4, -0.2) is 11.4 Å². The summed E-state index contributed by atoms with van der Waals surface area (Å²) in [6.45, 7) is -0.154. The Labute approximate surface area is 64.5 Å². The number of anilines is 1. The van der Waals surface area contributed by atoms with Gasteiger partial charge in [0.05, 0.1) is 6.61 Å². The molecule has 0 saturated carbocycles. The summed E-state index contributed by atoms with van der Waals surface area (Å²) in [5, 5.41) is 8.76. The zero-order valence-corrected chi connectivity index (χ0v) is 5.95. The molecule has 1 aromatic rings. The van der Waals surface area contributed by atoms with Crippen molar-refractivity contribution >= 4 is 12.0 Å². The fourth-order valence-electron chi connectivity index (χ4n) is 0.914. The molecule has 0 bridgehead atoms. The van der Waals surface area contributed by atoms with Gasteiger partial charge in [0.25, 0.3) is 0 Å². The van der Waals surface area contributed by atoms with E-state index in [2.05, 4.69) is 0 Å². The van der Waals surface area contributed by atoms with E-state index in [4.69, 9.17) is 10.8 Å². The monoisotopic (exact) mass is 151 g/mol. The number of nitrogens with two attached hydrogens (primary N) is 1. The van der Waals surface area contributed by atoms with Gasteiger partial charge < -0.3 is 10.8 Å². The fourth-order valence-corrected chi connectivity index (χ4v) is 0.914. The minimum Gasteiger partial charge on any atom is -0.398 e. The van der Waals surface area contributed by atoms with Crippen LogP contribution in [0.4, 0.5) is 5.69 Å². The van der Waals surface area contributed by atoms with Gasteiger partial charge in [-0.1, -0.05) is 12.1 Å². The molecule has 0 aliphatic carbocycles. The molecule has 0 aromatic heterocycles. The first-order chi connectivity index (χ1) is 5.29. The highest BCUT2D eigenvalue weighted by atomic mass is 16.3. The molecule has 3 nitrogen and oxygen atoms in total. The normalized spacial score (nSPS) is 9.55. The van der Waals surface area contributed by atoms with Crippen LogP contribution in [0.3, 0.4) is 0 Å². The number of rotatable bonds is 2. The van der Waals surface area contributed by atoms with Crippen molar-refractivity contribution < 1.29 is 9.90 Å². The van der Waals surface area contributed by atoms with Crippen molar-refractivity contribution in [2.75, 3.05) is 5.73 Å². The third-order valence-corrected chi connectivity index (χ3v) is 1.52. The fraction of sp³-hybridized carbons (Fsp3) is 0.125. The average Bonchev–Trinajstić information content (AvgIpc) is 2.04. The van der Waals surface area contributed by atoms with E-state index in [1.807, 2.05) is 0 Å². The van der Waals surface area contributed by atoms with Crippen LogP contribution >= 0.6 is 0 Å². The van der Waals surface area contributed by atoms with Crippen LogP contribution in [0.25, 0.3) is 0 Å². The van der Waals surface area contributed by atoms with E-state index in [9.17, 15) is 4.79 Å². The molecule has 1 aromatic carbocycles. The molecular formula is C8H9NO2. The number of hydrogen-bond donors (Lipinski definition) is 2. The molecule has 0 amide bonds. The SMILES string of the molecule is Nc1cccc(CO)c1C=O. The predicted molar refractivity (Wildman–Crippen MR) is 42.2 cm³/mol. The summed E-state index contributed by atoms with van der Waals surface area (Å²) in [7, 11) is 0. The molecule has 3 heteroatoms. The predicted octanol–water partition coefficient (Wildman–Crippen LogP) is 0.574. The highest BCUT2D eigenvalue weighted by molar-refractivity contribution is 5.85. The van der Waals surface area contributed by atoms with E-state index in [1.54, 1.807) is 18.2 Å². The Balaban J connectivity index is 3.24. The maximum absolute atomic E-state index is 10.4. The first-order valence-electron chi connectivity index (χ1n) is 3.23. The first kappa shape index (κ1) is 7.75. The highest BCUT2D eigenvalue weighted by Crippen LogP contribution is 2.13. The number of hydrogen-bond acceptors (Lipinski definition) is 3. The van der Waals surface area contributed by atoms with E-state index in [1.165, 1.54) is 0 Å². The third kappa shape index (κ3) is 1.38. The zero-order chi connectivity index (χ0) is 8.27. The largest absolute Gasteiger partial charge is 0.398 e. The van der Waals surface area contributed by atoms with E-state index < -0.39 is 0 Å². The standard InChI is InChI=1S/C8H9NO2/c9-8-3-1-2-6(4-10)7(8)5-11/h1-3,5,10H,4,9H2. The number of carbonyl (C=O) groups is 1. The topological polar surface area (TPSA) is 63.3 Å². The number of carbonyl (C=O) groups excluding carboxylic acids is 1. The quantitative estimate of drug-likeness (QED) is 0.480. The summed E-state index contributed by atoms with van der Waals surface area (Å²) in [6.07, 6.45) is 0.654. The molecule has 58 valence electrons. The lowest BCUT2D eigenvalue weighted by Crippen LogP contribution is -1.98. The number of aliphatic hydroxyl groups excluding tert-OH is 1. The molecule has 0 aliphatic rings. The highest BCUT2D eigenvalue weighted by Gasteiger charge is 2.02. The van der Waals surface area contributed by atoms with Gasteiger partial charge in [-0.25, -0.2) is 0 Å². The summed E-state index contributed by atoms with van der Waals surface area (Å²) in [4.78, 5) is 10.4. The number of aliphatic hydroxyl groups is 1. The number of benzene rings is 1. The second kappa shape index (κ2) is 3.16. The van der Waals surface area contributed by atoms with Gasteiger partial charge in [0, 0.05) is 11.3 Å². The Hall–Kier alpha value is -1.35. The van der Waals surface area contributed by atoms with Crippen LogP contribution in [0.5, 0.6) is 0 Å². The Morgan fingerprint density at radius 1 is 1.55 bits per heavy atom. The number of aldehydes is 1. The van der Waals surface area contributed by atoms with Gasteiger partial charge >= 0.3 is 0 Å². The molecule has 0 unspecified atom stereocenters. The molecule has 0 atom stereocenters. The maximum atomic E-state index is 10.4. The summed E-state index contributed by atoms with van der Waals surface area (Å²) in [5.41, 5.74) is 6.83. The van der Waals surface area contributed by atoms with Crippen LogP contribution in [0.15, 0.2) is 18.2 Å². The van der Waals surface area contributed by atoms with Crippen LogP contribution in [0, 0.1) is 0 Å². The smallest absolute Gasteiger partial charge is 0.152 e. The second-order valence-electron chi connectivity index (χ2n) is 2.20. The van der Waals surface area contributed by atoms with Crippen LogP contribution in [0.2, 0.25) is 0 Å². The summed E-state index contributed by atoms with van der Waals surface area (Å²) in [5.74, 6) is 0. The lowest BCUT2D eigenvalue weighted by Gasteiger charge is -2.02. The van der Waals surface area contributed by atoms with Gasteiger partial charge in [-0.15, -0.1) is 0 Å². The lowest BCUT2D eigenvalue weighted by molar-refractivity contribution is 0.112. The lowest BCUT2D eigenvalue weighted by atomic mass is 10.1. The summed E-state index contributed by atoms with van der Waals surface area (Å²) < 4.78 is 0. The Kier molecular flexibility index (Phi) is 2.23. The van der Waals surface area contributed by atoms with Gasteiger partial charge in [0.15, 0.2) is 6.29 Å². The zero-order valence-electron chi connectivity index (χ0n) is 5.95. The second-order valence-corrected chi connectivity index (χ2v) is 2.20. The third-order valence-electron chi connectivity index (χ3n) is 1.52. The minimum atomic E-state index is -0.154. The molecule has 0 radical (unpaired) electrons. The van der Waals surface area contributed by atoms with Crippen LogP contribution < -0.4 is 5.73 Å². The van der Waals surface area contributed by atoms with Gasteiger partial charge in [0.2, 0.25) is 0 Å². The molecule has 0 aliphatic heterocycles. The molecule has 0 saturated heterocycles. The number of nitrogen functional groups attached to an aromatic ring is 1. The molecule has 0 spiro atoms. The Morgan fingerprint density at radius 2 is 2.27 bits per heavy atom. The molecule has 0 heterocycles. The minimum absolute atomic E-state index is 0.154. The average molecular weight is 151 g/mol. The van der Waals surface area contributed by atoms with Crippen molar-refractivity contribution in [2.45, 2.75) is 6.61 Å². The van der Waals surface area contributed by atoms with Gasteiger partial charge in [-0.3, -0.25) is 4.79 Å². The van der Waals surface area contributed by atoms with Crippen LogP contribution in [0.1, 0.15) is 15.9 Å². The molecule has 11 heavy (non-hydrogen) atoms. The van der Waals surface area contributed by atoms with Crippen molar-refractivity contribution in [3.63, 3.8) is 0 Å². The van der Waals surface area contributed by atoms with E-state index >= 15 is 0 Å². The van der Waals surface area contributed by atoms with Crippen molar-refractivity contribution in [2.24, 2.45) is 0 Å². The van der Waals surface area contributed by atoms with E-state index in [0.717, 1.165) is 0 Å². The molecule has 0 fully saturated rings. The molecule has 1 rings (SSSR count).